The van der Waals surface area contributed by atoms with E-state index in [9.17, 15) is 9.36 Å². The number of nitrogen functional groups attached to an aromatic ring is 1. The molecule has 0 aliphatic carbocycles. The van der Waals surface area contributed by atoms with Crippen molar-refractivity contribution in [2.24, 2.45) is 11.3 Å². The van der Waals surface area contributed by atoms with Crippen LogP contribution in [-0.4, -0.2) is 68.4 Å². The number of ether oxygens (including phenoxy) is 3. The molecule has 0 radical (unpaired) electrons. The normalized spacial score (nSPS) is 30.4. The van der Waals surface area contributed by atoms with E-state index in [4.69, 9.17) is 40.6 Å². The van der Waals surface area contributed by atoms with Crippen LogP contribution in [0.3, 0.4) is 0 Å². The number of hydrogen-bond donors (Lipinski definition) is 2. The SMILES string of the molecule is CCOc1nc(N)nc2c1ncn2[C@@H]1O[C@@H]2COP(=O)(NC(COC(=O)C(C)C)C(C)(C)C)O[C@H]2[C@@]1(C)Cl. The molecule has 2 unspecified atom stereocenters. The Morgan fingerprint density at radius 2 is 2.11 bits per heavy atom. The molecule has 13 nitrogen and oxygen atoms in total. The highest BCUT2D eigenvalue weighted by molar-refractivity contribution is 7.51. The Morgan fingerprint density at radius 3 is 2.74 bits per heavy atom. The molecule has 2 aromatic heterocycles. The van der Waals surface area contributed by atoms with Crippen LogP contribution in [-0.2, 0) is 27.9 Å². The van der Waals surface area contributed by atoms with E-state index in [1.807, 2.05) is 27.7 Å². The van der Waals surface area contributed by atoms with Crippen molar-refractivity contribution in [3.05, 3.63) is 6.33 Å². The number of hydrogen-bond acceptors (Lipinski definition) is 11. The van der Waals surface area contributed by atoms with Gasteiger partial charge in [0.05, 0.1) is 31.5 Å². The molecular formula is C23H36ClN6O7P. The molecule has 0 saturated carbocycles. The smallest absolute Gasteiger partial charge is 0.406 e. The molecule has 2 fully saturated rings. The number of nitrogens with two attached hydrogens (primary N) is 1. The zero-order valence-corrected chi connectivity index (χ0v) is 24.3. The van der Waals surface area contributed by atoms with Crippen molar-refractivity contribution in [3.8, 4) is 5.88 Å². The standard InChI is InChI=1S/C23H36ClN6O7P/c1-8-33-18-15-17(27-21(25)28-18)30(11-26-15)20-23(7,24)16-13(36-20)9-35-38(32,37-16)29-14(22(4,5)6)10-34-19(31)12(2)3/h11-14,16,20H,8-10H2,1-7H3,(H,29,32)(H2,25,27,28)/t13-,14?,16-,20-,23-,38?/m1/s1. The number of nitrogens with zero attached hydrogens (tertiary/aromatic N) is 4. The number of nitrogens with one attached hydrogen (secondary N) is 1. The first-order valence-corrected chi connectivity index (χ1v) is 14.4. The summed E-state index contributed by atoms with van der Waals surface area (Å²) in [6.45, 7) is 13.2. The second-order valence-corrected chi connectivity index (χ2v) is 13.5. The summed E-state index contributed by atoms with van der Waals surface area (Å²) in [6.07, 6.45) is -0.737. The Balaban J connectivity index is 1.57. The number of aromatic nitrogens is 4. The van der Waals surface area contributed by atoms with Crippen LogP contribution in [0.5, 0.6) is 5.88 Å². The Morgan fingerprint density at radius 1 is 1.39 bits per heavy atom. The molecule has 38 heavy (non-hydrogen) atoms. The summed E-state index contributed by atoms with van der Waals surface area (Å²) in [4.78, 5) is 23.7. The lowest BCUT2D eigenvalue weighted by Gasteiger charge is -2.39. The molecule has 0 bridgehead atoms. The van der Waals surface area contributed by atoms with Gasteiger partial charge in [-0.15, -0.1) is 11.6 Å². The predicted octanol–water partition coefficient (Wildman–Crippen LogP) is 3.43. The van der Waals surface area contributed by atoms with Crippen molar-refractivity contribution < 1.29 is 32.6 Å². The van der Waals surface area contributed by atoms with E-state index in [2.05, 4.69) is 20.0 Å². The second-order valence-electron chi connectivity index (χ2n) is 11.0. The van der Waals surface area contributed by atoms with Crippen LogP contribution in [0.15, 0.2) is 6.33 Å². The molecule has 4 rings (SSSR count). The van der Waals surface area contributed by atoms with Crippen molar-refractivity contribution in [1.82, 2.24) is 24.6 Å². The van der Waals surface area contributed by atoms with Gasteiger partial charge in [-0.05, 0) is 19.3 Å². The summed E-state index contributed by atoms with van der Waals surface area (Å²) in [5, 5.41) is 2.97. The highest BCUT2D eigenvalue weighted by atomic mass is 35.5. The van der Waals surface area contributed by atoms with Crippen LogP contribution in [0.25, 0.3) is 11.2 Å². The van der Waals surface area contributed by atoms with Gasteiger partial charge < -0.3 is 19.9 Å². The van der Waals surface area contributed by atoms with Crippen molar-refractivity contribution in [3.63, 3.8) is 0 Å². The number of esters is 1. The summed E-state index contributed by atoms with van der Waals surface area (Å²) in [5.74, 6) is -0.382. The highest BCUT2D eigenvalue weighted by Crippen LogP contribution is 2.58. The minimum Gasteiger partial charge on any atom is -0.476 e. The fourth-order valence-corrected chi connectivity index (χ4v) is 6.69. The fourth-order valence-electron chi connectivity index (χ4n) is 4.25. The Bertz CT molecular complexity index is 1230. The lowest BCUT2D eigenvalue weighted by atomic mass is 9.88. The molecule has 0 amide bonds. The Kier molecular flexibility index (Phi) is 8.02. The van der Waals surface area contributed by atoms with E-state index in [1.54, 1.807) is 25.3 Å². The molecule has 2 aromatic rings. The third kappa shape index (κ3) is 5.64. The van der Waals surface area contributed by atoms with Gasteiger partial charge in [-0.3, -0.25) is 18.4 Å². The second kappa shape index (κ2) is 10.5. The van der Waals surface area contributed by atoms with Crippen LogP contribution < -0.4 is 15.6 Å². The molecule has 15 heteroatoms. The molecule has 2 aliphatic heterocycles. The molecule has 212 valence electrons. The maximum atomic E-state index is 13.8. The highest BCUT2D eigenvalue weighted by Gasteiger charge is 2.60. The third-order valence-electron chi connectivity index (χ3n) is 6.51. The lowest BCUT2D eigenvalue weighted by Crippen LogP contribution is -2.49. The van der Waals surface area contributed by atoms with Crippen LogP contribution >= 0.6 is 19.3 Å². The van der Waals surface area contributed by atoms with Gasteiger partial charge in [0.1, 0.15) is 23.7 Å². The largest absolute Gasteiger partial charge is 0.476 e. The van der Waals surface area contributed by atoms with E-state index < -0.39 is 42.5 Å². The van der Waals surface area contributed by atoms with Gasteiger partial charge >= 0.3 is 13.7 Å². The average molecular weight is 575 g/mol. The number of carbonyl (C=O) groups is 1. The minimum atomic E-state index is -3.87. The number of anilines is 1. The van der Waals surface area contributed by atoms with E-state index in [0.717, 1.165) is 0 Å². The van der Waals surface area contributed by atoms with Crippen molar-refractivity contribution in [1.29, 1.82) is 0 Å². The van der Waals surface area contributed by atoms with Gasteiger partial charge in [-0.2, -0.15) is 9.97 Å². The van der Waals surface area contributed by atoms with Gasteiger partial charge in [-0.1, -0.05) is 34.6 Å². The summed E-state index contributed by atoms with van der Waals surface area (Å²) in [6, 6.07) is -0.526. The zero-order valence-electron chi connectivity index (χ0n) is 22.6. The quantitative estimate of drug-likeness (QED) is 0.269. The van der Waals surface area contributed by atoms with Crippen molar-refractivity contribution in [2.45, 2.75) is 77.8 Å². The number of fused-ring (bicyclic) bond motifs is 2. The minimum absolute atomic E-state index is 0.00704. The molecule has 3 N–H and O–H groups in total. The number of rotatable bonds is 8. The number of carbonyl (C=O) groups excluding carboxylic acids is 1. The van der Waals surface area contributed by atoms with E-state index in [0.29, 0.717) is 17.8 Å². The van der Waals surface area contributed by atoms with Gasteiger partial charge in [-0.25, -0.2) is 14.6 Å². The van der Waals surface area contributed by atoms with Crippen LogP contribution in [0.4, 0.5) is 5.95 Å². The first kappa shape index (κ1) is 29.0. The summed E-state index contributed by atoms with van der Waals surface area (Å²) < 4.78 is 44.3. The Labute approximate surface area is 226 Å². The zero-order chi connectivity index (χ0) is 28.0. The molecule has 0 aromatic carbocycles. The Hall–Kier alpha value is -2.02. The number of alkyl halides is 1. The van der Waals surface area contributed by atoms with Gasteiger partial charge in [0, 0.05) is 0 Å². The molecular weight excluding hydrogens is 539 g/mol. The number of imidazole rings is 1. The molecule has 2 saturated heterocycles. The van der Waals surface area contributed by atoms with Gasteiger partial charge in [0.2, 0.25) is 11.8 Å². The summed E-state index contributed by atoms with van der Waals surface area (Å²) >= 11 is 7.05. The molecule has 4 heterocycles. The van der Waals surface area contributed by atoms with Crippen molar-refractivity contribution >= 4 is 42.4 Å². The van der Waals surface area contributed by atoms with Gasteiger partial charge in [0.25, 0.3) is 0 Å². The third-order valence-corrected chi connectivity index (χ3v) is 8.53. The predicted molar refractivity (Wildman–Crippen MR) is 140 cm³/mol. The lowest BCUT2D eigenvalue weighted by molar-refractivity contribution is -0.148. The topological polar surface area (TPSA) is 162 Å². The average Bonchev–Trinajstić information content (AvgIpc) is 3.33. The van der Waals surface area contributed by atoms with Gasteiger partial charge in [0.15, 0.2) is 17.4 Å². The van der Waals surface area contributed by atoms with Crippen LogP contribution in [0.1, 0.15) is 54.7 Å². The molecule has 6 atom stereocenters. The van der Waals surface area contributed by atoms with E-state index in [1.165, 1.54) is 6.33 Å². The molecule has 2 aliphatic rings. The van der Waals surface area contributed by atoms with E-state index in [-0.39, 0.29) is 36.9 Å². The maximum Gasteiger partial charge on any atom is 0.406 e. The van der Waals surface area contributed by atoms with Crippen LogP contribution in [0, 0.1) is 11.3 Å². The fraction of sp³-hybridized carbons (Fsp3) is 0.739. The summed E-state index contributed by atoms with van der Waals surface area (Å²) in [7, 11) is -3.87. The number of halogens is 1. The summed E-state index contributed by atoms with van der Waals surface area (Å²) in [5.41, 5.74) is 6.24. The molecule has 0 spiro atoms. The maximum absolute atomic E-state index is 13.8. The first-order valence-electron chi connectivity index (χ1n) is 12.5. The monoisotopic (exact) mass is 574 g/mol. The van der Waals surface area contributed by atoms with E-state index >= 15 is 0 Å². The van der Waals surface area contributed by atoms with Crippen LogP contribution in [0.2, 0.25) is 0 Å². The van der Waals surface area contributed by atoms with Crippen molar-refractivity contribution in [2.75, 3.05) is 25.6 Å². The first-order chi connectivity index (χ1) is 17.7.